The Balaban J connectivity index is 2.92. The number of aromatic amines is 2. The summed E-state index contributed by atoms with van der Waals surface area (Å²) in [5.41, 5.74) is 0.932. The maximum atomic E-state index is 11.0. The first kappa shape index (κ1) is 11.5. The molecule has 0 fully saturated rings. The van der Waals surface area contributed by atoms with E-state index in [-0.39, 0.29) is 24.6 Å². The topological polar surface area (TPSA) is 95.2 Å². The third-order valence-corrected chi connectivity index (χ3v) is 2.15. The number of aliphatic carboxylic acids is 1. The van der Waals surface area contributed by atoms with Crippen molar-refractivity contribution in [2.75, 3.05) is 13.7 Å². The van der Waals surface area contributed by atoms with Gasteiger partial charge in [0.15, 0.2) is 0 Å². The molecule has 0 bridgehead atoms. The van der Waals surface area contributed by atoms with Gasteiger partial charge in [0.2, 0.25) is 0 Å². The lowest BCUT2D eigenvalue weighted by Crippen LogP contribution is -2.14. The minimum Gasteiger partial charge on any atom is -0.481 e. The van der Waals surface area contributed by atoms with Crippen molar-refractivity contribution in [3.05, 3.63) is 21.9 Å². The molecular weight excluding hydrogens is 200 g/mol. The number of carbonyl (C=O) groups is 1. The van der Waals surface area contributed by atoms with E-state index in [1.54, 1.807) is 6.92 Å². The van der Waals surface area contributed by atoms with Crippen LogP contribution in [0.2, 0.25) is 0 Å². The SMILES string of the molecule is COCC(CC(=O)O)c1[nH]c(=O)[nH]c1C. The number of aromatic nitrogens is 2. The van der Waals surface area contributed by atoms with E-state index in [2.05, 4.69) is 9.97 Å². The summed E-state index contributed by atoms with van der Waals surface area (Å²) in [6.45, 7) is 1.98. The van der Waals surface area contributed by atoms with Crippen molar-refractivity contribution >= 4 is 5.97 Å². The van der Waals surface area contributed by atoms with Crippen LogP contribution in [-0.4, -0.2) is 34.8 Å². The van der Waals surface area contributed by atoms with Crippen LogP contribution in [0.3, 0.4) is 0 Å². The van der Waals surface area contributed by atoms with Crippen LogP contribution in [0.5, 0.6) is 0 Å². The molecule has 0 aromatic carbocycles. The second-order valence-electron chi connectivity index (χ2n) is 3.37. The third kappa shape index (κ3) is 2.95. The summed E-state index contributed by atoms with van der Waals surface area (Å²) < 4.78 is 4.92. The molecule has 6 heteroatoms. The lowest BCUT2D eigenvalue weighted by Gasteiger charge is -2.12. The number of carboxylic acid groups (broad SMARTS) is 1. The highest BCUT2D eigenvalue weighted by Gasteiger charge is 2.19. The van der Waals surface area contributed by atoms with Gasteiger partial charge in [-0.1, -0.05) is 0 Å². The summed E-state index contributed by atoms with van der Waals surface area (Å²) in [6, 6.07) is 0. The van der Waals surface area contributed by atoms with E-state index < -0.39 is 5.97 Å². The zero-order valence-corrected chi connectivity index (χ0v) is 8.66. The monoisotopic (exact) mass is 214 g/mol. The Kier molecular flexibility index (Phi) is 3.68. The first-order valence-corrected chi connectivity index (χ1v) is 4.54. The Bertz CT molecular complexity index is 393. The number of ether oxygens (including phenoxy) is 1. The zero-order chi connectivity index (χ0) is 11.4. The molecule has 15 heavy (non-hydrogen) atoms. The van der Waals surface area contributed by atoms with Gasteiger partial charge in [0.1, 0.15) is 0 Å². The number of rotatable bonds is 5. The summed E-state index contributed by atoms with van der Waals surface area (Å²) in [5, 5.41) is 8.71. The average molecular weight is 214 g/mol. The van der Waals surface area contributed by atoms with Gasteiger partial charge in [0.25, 0.3) is 0 Å². The van der Waals surface area contributed by atoms with Gasteiger partial charge < -0.3 is 19.8 Å². The molecule has 0 amide bonds. The van der Waals surface area contributed by atoms with Crippen LogP contribution in [0.25, 0.3) is 0 Å². The van der Waals surface area contributed by atoms with E-state index in [1.807, 2.05) is 0 Å². The fourth-order valence-corrected chi connectivity index (χ4v) is 1.55. The highest BCUT2D eigenvalue weighted by molar-refractivity contribution is 5.68. The lowest BCUT2D eigenvalue weighted by molar-refractivity contribution is -0.137. The molecule has 0 saturated carbocycles. The number of H-pyrrole nitrogens is 2. The van der Waals surface area contributed by atoms with Crippen molar-refractivity contribution in [1.29, 1.82) is 0 Å². The van der Waals surface area contributed by atoms with Crippen molar-refractivity contribution < 1.29 is 14.6 Å². The molecule has 6 nitrogen and oxygen atoms in total. The maximum Gasteiger partial charge on any atom is 0.323 e. The van der Waals surface area contributed by atoms with E-state index in [0.717, 1.165) is 0 Å². The molecule has 0 aliphatic heterocycles. The normalized spacial score (nSPS) is 12.7. The number of carboxylic acids is 1. The smallest absolute Gasteiger partial charge is 0.323 e. The van der Waals surface area contributed by atoms with Crippen LogP contribution >= 0.6 is 0 Å². The van der Waals surface area contributed by atoms with Crippen molar-refractivity contribution in [3.8, 4) is 0 Å². The van der Waals surface area contributed by atoms with Crippen LogP contribution in [0.4, 0.5) is 0 Å². The Morgan fingerprint density at radius 1 is 1.53 bits per heavy atom. The van der Waals surface area contributed by atoms with Gasteiger partial charge in [-0.2, -0.15) is 0 Å². The van der Waals surface area contributed by atoms with Crippen molar-refractivity contribution in [3.63, 3.8) is 0 Å². The molecule has 1 aromatic heterocycles. The molecule has 1 atom stereocenters. The second-order valence-corrected chi connectivity index (χ2v) is 3.37. The summed E-state index contributed by atoms with van der Waals surface area (Å²) in [4.78, 5) is 26.8. The van der Waals surface area contributed by atoms with Gasteiger partial charge in [0, 0.05) is 24.4 Å². The number of hydrogen-bond acceptors (Lipinski definition) is 3. The van der Waals surface area contributed by atoms with Gasteiger partial charge in [-0.25, -0.2) is 4.79 Å². The fourth-order valence-electron chi connectivity index (χ4n) is 1.55. The van der Waals surface area contributed by atoms with E-state index in [4.69, 9.17) is 9.84 Å². The van der Waals surface area contributed by atoms with Crippen molar-refractivity contribution in [2.24, 2.45) is 0 Å². The average Bonchev–Trinajstić information content (AvgIpc) is 2.44. The second kappa shape index (κ2) is 4.79. The van der Waals surface area contributed by atoms with Crippen molar-refractivity contribution in [2.45, 2.75) is 19.3 Å². The minimum atomic E-state index is -0.918. The zero-order valence-electron chi connectivity index (χ0n) is 8.66. The predicted molar refractivity (Wildman–Crippen MR) is 53.0 cm³/mol. The molecule has 1 rings (SSSR count). The molecule has 0 saturated heterocycles. The highest BCUT2D eigenvalue weighted by atomic mass is 16.5. The maximum absolute atomic E-state index is 11.0. The van der Waals surface area contributed by atoms with E-state index >= 15 is 0 Å². The van der Waals surface area contributed by atoms with Gasteiger partial charge in [0.05, 0.1) is 13.0 Å². The number of hydrogen-bond donors (Lipinski definition) is 3. The largest absolute Gasteiger partial charge is 0.481 e. The lowest BCUT2D eigenvalue weighted by atomic mass is 10.0. The highest BCUT2D eigenvalue weighted by Crippen LogP contribution is 2.19. The quantitative estimate of drug-likeness (QED) is 0.653. The summed E-state index contributed by atoms with van der Waals surface area (Å²) in [7, 11) is 1.49. The van der Waals surface area contributed by atoms with Crippen molar-refractivity contribution in [1.82, 2.24) is 9.97 Å². The van der Waals surface area contributed by atoms with Gasteiger partial charge in [-0.3, -0.25) is 4.79 Å². The predicted octanol–water partition coefficient (Wildman–Crippen LogP) is 0.216. The molecule has 84 valence electrons. The van der Waals surface area contributed by atoms with Gasteiger partial charge in [-0.15, -0.1) is 0 Å². The first-order chi connectivity index (χ1) is 7.04. The standard InChI is InChI=1S/C9H14N2O4/c1-5-8(11-9(14)10-5)6(4-15-2)3-7(12)13/h6H,3-4H2,1-2H3,(H,12,13)(H2,10,11,14). The van der Waals surface area contributed by atoms with Crippen LogP contribution in [0.15, 0.2) is 4.79 Å². The number of imidazole rings is 1. The first-order valence-electron chi connectivity index (χ1n) is 4.54. The Morgan fingerprint density at radius 3 is 2.60 bits per heavy atom. The number of aryl methyl sites for hydroxylation is 1. The minimum absolute atomic E-state index is 0.0670. The third-order valence-electron chi connectivity index (χ3n) is 2.15. The Labute approximate surface area is 86.3 Å². The molecule has 1 unspecified atom stereocenters. The molecule has 0 aliphatic rings. The van der Waals surface area contributed by atoms with E-state index in [0.29, 0.717) is 11.4 Å². The van der Waals surface area contributed by atoms with Gasteiger partial charge >= 0.3 is 11.7 Å². The molecule has 1 aromatic rings. The number of nitrogens with one attached hydrogen (secondary N) is 2. The molecule has 1 heterocycles. The summed E-state index contributed by atoms with van der Waals surface area (Å²) >= 11 is 0. The van der Waals surface area contributed by atoms with E-state index in [1.165, 1.54) is 7.11 Å². The van der Waals surface area contributed by atoms with E-state index in [9.17, 15) is 9.59 Å². The Hall–Kier alpha value is -1.56. The molecular formula is C9H14N2O4. The molecule has 3 N–H and O–H groups in total. The summed E-state index contributed by atoms with van der Waals surface area (Å²) in [6.07, 6.45) is -0.0670. The Morgan fingerprint density at radius 2 is 2.20 bits per heavy atom. The number of methoxy groups -OCH3 is 1. The van der Waals surface area contributed by atoms with Gasteiger partial charge in [-0.05, 0) is 6.92 Å². The molecule has 0 aliphatic carbocycles. The summed E-state index contributed by atoms with van der Waals surface area (Å²) in [5.74, 6) is -1.25. The molecule has 0 radical (unpaired) electrons. The van der Waals surface area contributed by atoms with Crippen LogP contribution in [0.1, 0.15) is 23.7 Å². The van der Waals surface area contributed by atoms with Crippen LogP contribution in [0, 0.1) is 6.92 Å². The molecule has 0 spiro atoms. The van der Waals surface area contributed by atoms with Crippen LogP contribution in [-0.2, 0) is 9.53 Å². The van der Waals surface area contributed by atoms with Crippen LogP contribution < -0.4 is 5.69 Å². The fraction of sp³-hybridized carbons (Fsp3) is 0.556.